The zero-order valence-electron chi connectivity index (χ0n) is 14.5. The van der Waals surface area contributed by atoms with Crippen LogP contribution in [0.1, 0.15) is 11.1 Å². The maximum atomic E-state index is 13.3. The summed E-state index contributed by atoms with van der Waals surface area (Å²) in [5.74, 6) is 0.549. The minimum Gasteiger partial charge on any atom is -0.268 e. The first-order chi connectivity index (χ1) is 12.6. The summed E-state index contributed by atoms with van der Waals surface area (Å²) in [6, 6.07) is 21.0. The lowest BCUT2D eigenvalue weighted by Gasteiger charge is -2.16. The van der Waals surface area contributed by atoms with Gasteiger partial charge in [0.05, 0.1) is 21.6 Å². The normalized spacial score (nSPS) is 11.0. The molecule has 4 rings (SSSR count). The molecule has 0 unspecified atom stereocenters. The minimum absolute atomic E-state index is 0.100. The first-order valence-electron chi connectivity index (χ1n) is 8.40. The van der Waals surface area contributed by atoms with Crippen molar-refractivity contribution in [3.63, 3.8) is 0 Å². The molecule has 0 aliphatic rings. The molecule has 3 nitrogen and oxygen atoms in total. The molecule has 0 saturated carbocycles. The Hall–Kier alpha value is -2.91. The summed E-state index contributed by atoms with van der Waals surface area (Å²) in [4.78, 5) is 18.1. The van der Waals surface area contributed by atoms with E-state index in [2.05, 4.69) is 0 Å². The van der Waals surface area contributed by atoms with E-state index in [1.54, 1.807) is 10.6 Å². The van der Waals surface area contributed by atoms with Gasteiger partial charge in [-0.3, -0.25) is 9.36 Å². The molecule has 0 atom stereocenters. The van der Waals surface area contributed by atoms with E-state index in [0.717, 1.165) is 22.4 Å². The van der Waals surface area contributed by atoms with Gasteiger partial charge in [0.1, 0.15) is 5.82 Å². The third kappa shape index (κ3) is 2.71. The molecular weight excluding hydrogens is 344 g/mol. The number of fused-ring (bicyclic) bond motifs is 1. The second kappa shape index (κ2) is 6.43. The average molecular weight is 361 g/mol. The lowest BCUT2D eigenvalue weighted by Crippen LogP contribution is -2.22. The highest BCUT2D eigenvalue weighted by Gasteiger charge is 2.17. The number of nitrogens with zero attached hydrogens (tertiary/aromatic N) is 2. The van der Waals surface area contributed by atoms with Crippen molar-refractivity contribution in [1.82, 2.24) is 9.55 Å². The number of benzene rings is 3. The fourth-order valence-corrected chi connectivity index (χ4v) is 3.47. The monoisotopic (exact) mass is 360 g/mol. The molecule has 3 aromatic carbocycles. The number of hydrogen-bond acceptors (Lipinski definition) is 2. The van der Waals surface area contributed by atoms with E-state index >= 15 is 0 Å². The summed E-state index contributed by atoms with van der Waals surface area (Å²) < 4.78 is 1.66. The number of rotatable bonds is 2. The lowest BCUT2D eigenvalue weighted by atomic mass is 10.1. The highest BCUT2D eigenvalue weighted by Crippen LogP contribution is 2.30. The molecule has 0 aliphatic heterocycles. The van der Waals surface area contributed by atoms with Crippen LogP contribution in [0.25, 0.3) is 28.0 Å². The van der Waals surface area contributed by atoms with E-state index in [1.165, 1.54) is 0 Å². The Bertz CT molecular complexity index is 1190. The number of aryl methyl sites for hydroxylation is 2. The molecule has 0 N–H and O–H groups in total. The standard InChI is InChI=1S/C22H17ClN2O/c1-14-11-12-16(18(23)13-14)21-24-19-9-5-4-8-17(19)22(26)25(21)20-10-6-3-7-15(20)2/h3-13H,1-2H3. The van der Waals surface area contributed by atoms with Gasteiger partial charge >= 0.3 is 0 Å². The number of hydrogen-bond donors (Lipinski definition) is 0. The Balaban J connectivity index is 2.16. The predicted octanol–water partition coefficient (Wildman–Crippen LogP) is 5.32. The van der Waals surface area contributed by atoms with Crippen LogP contribution in [0.5, 0.6) is 0 Å². The van der Waals surface area contributed by atoms with Crippen molar-refractivity contribution in [3.8, 4) is 17.1 Å². The average Bonchev–Trinajstić information content (AvgIpc) is 2.63. The number of para-hydroxylation sites is 2. The van der Waals surface area contributed by atoms with Crippen LogP contribution in [0.2, 0.25) is 5.02 Å². The summed E-state index contributed by atoms with van der Waals surface area (Å²) in [7, 11) is 0. The SMILES string of the molecule is Cc1ccc(-c2nc3ccccc3c(=O)n2-c2ccccc2C)c(Cl)c1. The minimum atomic E-state index is -0.100. The molecule has 0 aliphatic carbocycles. The third-order valence-corrected chi connectivity index (χ3v) is 4.81. The Kier molecular flexibility index (Phi) is 4.09. The van der Waals surface area contributed by atoms with Crippen molar-refractivity contribution in [1.29, 1.82) is 0 Å². The highest BCUT2D eigenvalue weighted by molar-refractivity contribution is 6.33. The zero-order chi connectivity index (χ0) is 18.3. The van der Waals surface area contributed by atoms with Crippen molar-refractivity contribution >= 4 is 22.5 Å². The van der Waals surface area contributed by atoms with Crippen LogP contribution < -0.4 is 5.56 Å². The van der Waals surface area contributed by atoms with Crippen molar-refractivity contribution in [2.75, 3.05) is 0 Å². The van der Waals surface area contributed by atoms with Crippen LogP contribution >= 0.6 is 11.6 Å². The first-order valence-corrected chi connectivity index (χ1v) is 8.78. The summed E-state index contributed by atoms with van der Waals surface area (Å²) in [5.41, 5.74) is 4.16. The molecule has 0 saturated heterocycles. The molecule has 0 bridgehead atoms. The van der Waals surface area contributed by atoms with Crippen molar-refractivity contribution in [3.05, 3.63) is 93.2 Å². The highest BCUT2D eigenvalue weighted by atomic mass is 35.5. The van der Waals surface area contributed by atoms with Crippen LogP contribution in [0.4, 0.5) is 0 Å². The number of halogens is 1. The van der Waals surface area contributed by atoms with Gasteiger partial charge in [-0.2, -0.15) is 0 Å². The van der Waals surface area contributed by atoms with E-state index in [-0.39, 0.29) is 5.56 Å². The second-order valence-corrected chi connectivity index (χ2v) is 6.77. The van der Waals surface area contributed by atoms with Gasteiger partial charge in [0.2, 0.25) is 0 Å². The van der Waals surface area contributed by atoms with Gasteiger partial charge in [0, 0.05) is 5.56 Å². The summed E-state index contributed by atoms with van der Waals surface area (Å²) in [5, 5.41) is 1.16. The molecule has 26 heavy (non-hydrogen) atoms. The third-order valence-electron chi connectivity index (χ3n) is 4.50. The van der Waals surface area contributed by atoms with E-state index < -0.39 is 0 Å². The van der Waals surface area contributed by atoms with E-state index in [9.17, 15) is 4.79 Å². The van der Waals surface area contributed by atoms with Gasteiger partial charge in [-0.15, -0.1) is 0 Å². The molecule has 4 aromatic rings. The first kappa shape index (κ1) is 16.6. The smallest absolute Gasteiger partial charge is 0.266 e. The van der Waals surface area contributed by atoms with E-state index in [1.807, 2.05) is 74.5 Å². The summed E-state index contributed by atoms with van der Waals surface area (Å²) in [6.07, 6.45) is 0. The molecule has 1 heterocycles. The van der Waals surface area contributed by atoms with Gasteiger partial charge in [-0.1, -0.05) is 48.0 Å². The maximum Gasteiger partial charge on any atom is 0.266 e. The summed E-state index contributed by atoms with van der Waals surface area (Å²) in [6.45, 7) is 3.97. The predicted molar refractivity (Wildman–Crippen MR) is 107 cm³/mol. The molecule has 0 spiro atoms. The summed E-state index contributed by atoms with van der Waals surface area (Å²) >= 11 is 6.51. The van der Waals surface area contributed by atoms with Crippen LogP contribution in [0.3, 0.4) is 0 Å². The number of aromatic nitrogens is 2. The molecule has 128 valence electrons. The quantitative estimate of drug-likeness (QED) is 0.484. The Morgan fingerprint density at radius 1 is 0.923 bits per heavy atom. The Morgan fingerprint density at radius 3 is 2.42 bits per heavy atom. The van der Waals surface area contributed by atoms with Gasteiger partial charge in [-0.25, -0.2) is 4.98 Å². The van der Waals surface area contributed by atoms with Crippen LogP contribution in [0.15, 0.2) is 71.5 Å². The van der Waals surface area contributed by atoms with Crippen molar-refractivity contribution in [2.45, 2.75) is 13.8 Å². The van der Waals surface area contributed by atoms with Gasteiger partial charge in [0.25, 0.3) is 5.56 Å². The van der Waals surface area contributed by atoms with E-state index in [4.69, 9.17) is 16.6 Å². The molecule has 0 fully saturated rings. The van der Waals surface area contributed by atoms with E-state index in [0.29, 0.717) is 21.7 Å². The molecule has 1 aromatic heterocycles. The largest absolute Gasteiger partial charge is 0.268 e. The van der Waals surface area contributed by atoms with Crippen LogP contribution in [-0.4, -0.2) is 9.55 Å². The second-order valence-electron chi connectivity index (χ2n) is 6.36. The molecular formula is C22H17ClN2O. The topological polar surface area (TPSA) is 34.9 Å². The van der Waals surface area contributed by atoms with Crippen LogP contribution in [-0.2, 0) is 0 Å². The fraction of sp³-hybridized carbons (Fsp3) is 0.0909. The molecule has 0 amide bonds. The van der Waals surface area contributed by atoms with Gasteiger partial charge < -0.3 is 0 Å². The fourth-order valence-electron chi connectivity index (χ4n) is 3.15. The van der Waals surface area contributed by atoms with Gasteiger partial charge in [-0.05, 0) is 55.3 Å². The van der Waals surface area contributed by atoms with Gasteiger partial charge in [0.15, 0.2) is 0 Å². The Labute approximate surface area is 156 Å². The molecule has 4 heteroatoms. The molecule has 0 radical (unpaired) electrons. The lowest BCUT2D eigenvalue weighted by molar-refractivity contribution is 0.965. The van der Waals surface area contributed by atoms with Crippen molar-refractivity contribution < 1.29 is 0 Å². The zero-order valence-corrected chi connectivity index (χ0v) is 15.3. The maximum absolute atomic E-state index is 13.3. The van der Waals surface area contributed by atoms with Crippen LogP contribution in [0, 0.1) is 13.8 Å². The Morgan fingerprint density at radius 2 is 1.65 bits per heavy atom. The van der Waals surface area contributed by atoms with Crippen molar-refractivity contribution in [2.24, 2.45) is 0 Å².